The zero-order valence-corrected chi connectivity index (χ0v) is 13.0. The summed E-state index contributed by atoms with van der Waals surface area (Å²) in [4.78, 5) is 2.46. The van der Waals surface area contributed by atoms with E-state index in [1.165, 1.54) is 6.42 Å². The molecule has 4 nitrogen and oxygen atoms in total. The van der Waals surface area contributed by atoms with E-state index in [2.05, 4.69) is 24.0 Å². The number of rotatable bonds is 4. The molecule has 21 heavy (non-hydrogen) atoms. The molecule has 0 radical (unpaired) electrons. The molecular weight excluding hydrogens is 264 g/mol. The fourth-order valence-electron chi connectivity index (χ4n) is 3.37. The van der Waals surface area contributed by atoms with E-state index < -0.39 is 5.79 Å². The molecule has 116 valence electrons. The van der Waals surface area contributed by atoms with E-state index in [0.29, 0.717) is 12.5 Å². The number of hydrogen-bond donors (Lipinski definition) is 1. The summed E-state index contributed by atoms with van der Waals surface area (Å²) in [5, 5.41) is 0. The molecule has 0 amide bonds. The molecule has 4 unspecified atom stereocenters. The molecule has 0 saturated carbocycles. The molecule has 1 aromatic carbocycles. The van der Waals surface area contributed by atoms with E-state index in [1.807, 2.05) is 25.1 Å². The van der Waals surface area contributed by atoms with Crippen LogP contribution in [0.2, 0.25) is 0 Å². The Morgan fingerprint density at radius 3 is 2.81 bits per heavy atom. The third-order valence-corrected chi connectivity index (χ3v) is 4.75. The zero-order valence-electron chi connectivity index (χ0n) is 13.0. The van der Waals surface area contributed by atoms with Crippen LogP contribution in [0.3, 0.4) is 0 Å². The van der Waals surface area contributed by atoms with Crippen molar-refractivity contribution in [3.05, 3.63) is 35.9 Å². The summed E-state index contributed by atoms with van der Waals surface area (Å²) in [7, 11) is 0. The molecule has 0 bridgehead atoms. The quantitative estimate of drug-likeness (QED) is 0.920. The highest BCUT2D eigenvalue weighted by Crippen LogP contribution is 2.34. The second-order valence-corrected chi connectivity index (χ2v) is 6.53. The topological polar surface area (TPSA) is 47.7 Å². The van der Waals surface area contributed by atoms with Gasteiger partial charge in [0.1, 0.15) is 0 Å². The summed E-state index contributed by atoms with van der Waals surface area (Å²) in [5.41, 5.74) is 7.09. The van der Waals surface area contributed by atoms with Gasteiger partial charge in [0.2, 0.25) is 0 Å². The van der Waals surface area contributed by atoms with Crippen LogP contribution >= 0.6 is 0 Å². The Labute approximate surface area is 127 Å². The van der Waals surface area contributed by atoms with Gasteiger partial charge in [-0.3, -0.25) is 0 Å². The lowest BCUT2D eigenvalue weighted by Gasteiger charge is -2.25. The van der Waals surface area contributed by atoms with Gasteiger partial charge in [-0.15, -0.1) is 0 Å². The first-order chi connectivity index (χ1) is 10.1. The summed E-state index contributed by atoms with van der Waals surface area (Å²) in [6.45, 7) is 7.91. The molecule has 1 aromatic rings. The predicted molar refractivity (Wildman–Crippen MR) is 82.8 cm³/mol. The molecule has 4 heteroatoms. The van der Waals surface area contributed by atoms with Gasteiger partial charge in [-0.25, -0.2) is 0 Å². The Hall–Kier alpha value is -0.940. The van der Waals surface area contributed by atoms with Crippen molar-refractivity contribution in [3.8, 4) is 0 Å². The third-order valence-electron chi connectivity index (χ3n) is 4.75. The van der Waals surface area contributed by atoms with Crippen molar-refractivity contribution in [3.63, 3.8) is 0 Å². The second kappa shape index (κ2) is 6.05. The highest BCUT2D eigenvalue weighted by Gasteiger charge is 2.40. The third kappa shape index (κ3) is 3.29. The van der Waals surface area contributed by atoms with Gasteiger partial charge in [0.25, 0.3) is 0 Å². The molecular formula is C17H26N2O2. The summed E-state index contributed by atoms with van der Waals surface area (Å²) in [6.07, 6.45) is 1.34. The maximum atomic E-state index is 6.20. The lowest BCUT2D eigenvalue weighted by molar-refractivity contribution is -0.163. The molecule has 0 spiro atoms. The van der Waals surface area contributed by atoms with Crippen LogP contribution in [0.15, 0.2) is 30.3 Å². The number of nitrogens with zero attached hydrogens (tertiary/aromatic N) is 1. The van der Waals surface area contributed by atoms with Gasteiger partial charge in [-0.05, 0) is 32.7 Å². The summed E-state index contributed by atoms with van der Waals surface area (Å²) in [6, 6.07) is 10.5. The second-order valence-electron chi connectivity index (χ2n) is 6.53. The molecule has 2 saturated heterocycles. The number of nitrogens with two attached hydrogens (primary N) is 1. The fourth-order valence-corrected chi connectivity index (χ4v) is 3.37. The fraction of sp³-hybridized carbons (Fsp3) is 0.647. The van der Waals surface area contributed by atoms with Gasteiger partial charge < -0.3 is 20.1 Å². The van der Waals surface area contributed by atoms with Crippen LogP contribution in [0.4, 0.5) is 0 Å². The molecule has 2 heterocycles. The van der Waals surface area contributed by atoms with E-state index in [9.17, 15) is 0 Å². The van der Waals surface area contributed by atoms with E-state index in [4.69, 9.17) is 15.2 Å². The van der Waals surface area contributed by atoms with Crippen molar-refractivity contribution in [2.45, 2.75) is 38.2 Å². The van der Waals surface area contributed by atoms with Gasteiger partial charge in [0, 0.05) is 24.7 Å². The summed E-state index contributed by atoms with van der Waals surface area (Å²) in [5.74, 6) is 0.0134. The van der Waals surface area contributed by atoms with Crippen LogP contribution in [-0.2, 0) is 15.3 Å². The minimum atomic E-state index is -0.605. The van der Waals surface area contributed by atoms with Crippen LogP contribution in [0.5, 0.6) is 0 Å². The van der Waals surface area contributed by atoms with Crippen LogP contribution < -0.4 is 5.73 Å². The first-order valence-corrected chi connectivity index (χ1v) is 7.92. The number of benzene rings is 1. The van der Waals surface area contributed by atoms with Crippen LogP contribution in [-0.4, -0.2) is 43.3 Å². The lowest BCUT2D eigenvalue weighted by Crippen LogP contribution is -2.35. The first kappa shape index (κ1) is 15.0. The Morgan fingerprint density at radius 1 is 1.38 bits per heavy atom. The van der Waals surface area contributed by atoms with Gasteiger partial charge in [-0.1, -0.05) is 30.3 Å². The van der Waals surface area contributed by atoms with E-state index in [1.54, 1.807) is 0 Å². The maximum Gasteiger partial charge on any atom is 0.192 e. The molecule has 0 aromatic heterocycles. The molecule has 2 aliphatic rings. The maximum absolute atomic E-state index is 6.20. The monoisotopic (exact) mass is 290 g/mol. The van der Waals surface area contributed by atoms with Gasteiger partial charge >= 0.3 is 0 Å². The Kier molecular flexibility index (Phi) is 4.31. The standard InChI is InChI=1S/C17H26N2O2/c1-13(18)14-8-9-19(10-14)11-16-12-20-17(2,21-16)15-6-4-3-5-7-15/h3-7,13-14,16H,8-12,18H2,1-2H3. The number of hydrogen-bond acceptors (Lipinski definition) is 4. The van der Waals surface area contributed by atoms with Crippen molar-refractivity contribution in [1.29, 1.82) is 0 Å². The molecule has 4 atom stereocenters. The van der Waals surface area contributed by atoms with E-state index >= 15 is 0 Å². The van der Waals surface area contributed by atoms with Crippen LogP contribution in [0.25, 0.3) is 0 Å². The Balaban J connectivity index is 1.56. The normalized spacial score (nSPS) is 35.2. The number of likely N-dealkylation sites (tertiary alicyclic amines) is 1. The molecule has 2 N–H and O–H groups in total. The summed E-state index contributed by atoms with van der Waals surface area (Å²) < 4.78 is 12.1. The van der Waals surface area contributed by atoms with Gasteiger partial charge in [-0.2, -0.15) is 0 Å². The molecule has 2 fully saturated rings. The lowest BCUT2D eigenvalue weighted by atomic mass is 10.0. The average Bonchev–Trinajstić information content (AvgIpc) is 3.09. The average molecular weight is 290 g/mol. The van der Waals surface area contributed by atoms with Crippen LogP contribution in [0.1, 0.15) is 25.8 Å². The predicted octanol–water partition coefficient (Wildman–Crippen LogP) is 1.94. The smallest absolute Gasteiger partial charge is 0.192 e. The van der Waals surface area contributed by atoms with Crippen molar-refractivity contribution in [2.75, 3.05) is 26.2 Å². The van der Waals surface area contributed by atoms with E-state index in [-0.39, 0.29) is 12.1 Å². The van der Waals surface area contributed by atoms with Crippen LogP contribution in [0, 0.1) is 5.92 Å². The molecule has 2 aliphatic heterocycles. The molecule has 0 aliphatic carbocycles. The highest BCUT2D eigenvalue weighted by molar-refractivity contribution is 5.20. The highest BCUT2D eigenvalue weighted by atomic mass is 16.7. The van der Waals surface area contributed by atoms with Crippen molar-refractivity contribution in [2.24, 2.45) is 11.7 Å². The zero-order chi connectivity index (χ0) is 14.9. The van der Waals surface area contributed by atoms with E-state index in [0.717, 1.165) is 25.2 Å². The minimum absolute atomic E-state index is 0.141. The summed E-state index contributed by atoms with van der Waals surface area (Å²) >= 11 is 0. The minimum Gasteiger partial charge on any atom is -0.343 e. The molecule has 3 rings (SSSR count). The number of ether oxygens (including phenoxy) is 2. The van der Waals surface area contributed by atoms with Crippen molar-refractivity contribution >= 4 is 0 Å². The van der Waals surface area contributed by atoms with Crippen molar-refractivity contribution in [1.82, 2.24) is 4.90 Å². The SMILES string of the molecule is CC(N)C1CCN(CC2COC(C)(c3ccccc3)O2)C1. The first-order valence-electron chi connectivity index (χ1n) is 7.92. The Morgan fingerprint density at radius 2 is 2.14 bits per heavy atom. The largest absolute Gasteiger partial charge is 0.343 e. The van der Waals surface area contributed by atoms with Gasteiger partial charge in [0.05, 0.1) is 12.7 Å². The van der Waals surface area contributed by atoms with Crippen molar-refractivity contribution < 1.29 is 9.47 Å². The van der Waals surface area contributed by atoms with Gasteiger partial charge in [0.15, 0.2) is 5.79 Å². The Bertz CT molecular complexity index is 465.